The summed E-state index contributed by atoms with van der Waals surface area (Å²) >= 11 is 0. The molecule has 1 aliphatic rings. The van der Waals surface area contributed by atoms with Crippen molar-refractivity contribution in [2.45, 2.75) is 25.6 Å². The van der Waals surface area contributed by atoms with Crippen molar-refractivity contribution in [2.24, 2.45) is 0 Å². The summed E-state index contributed by atoms with van der Waals surface area (Å²) in [4.78, 5) is 13.7. The smallest absolute Gasteiger partial charge is 0.257 e. The van der Waals surface area contributed by atoms with Crippen LogP contribution in [-0.2, 0) is 4.74 Å². The highest BCUT2D eigenvalue weighted by Crippen LogP contribution is 2.25. The molecule has 1 unspecified atom stereocenters. The van der Waals surface area contributed by atoms with Gasteiger partial charge in [0.15, 0.2) is 5.82 Å². The number of nitrogens with two attached hydrogens (primary N) is 1. The van der Waals surface area contributed by atoms with Gasteiger partial charge in [-0.05, 0) is 26.0 Å². The lowest BCUT2D eigenvalue weighted by molar-refractivity contribution is -0.139. The summed E-state index contributed by atoms with van der Waals surface area (Å²) in [6.45, 7) is 3.56. The van der Waals surface area contributed by atoms with Gasteiger partial charge in [0.25, 0.3) is 5.91 Å². The van der Waals surface area contributed by atoms with Crippen LogP contribution in [0.4, 0.5) is 14.5 Å². The van der Waals surface area contributed by atoms with Gasteiger partial charge in [-0.2, -0.15) is 0 Å². The first kappa shape index (κ1) is 15.7. The lowest BCUT2D eigenvalue weighted by Gasteiger charge is -2.42. The van der Waals surface area contributed by atoms with Crippen molar-refractivity contribution in [1.29, 1.82) is 0 Å². The first-order valence-electron chi connectivity index (χ1n) is 6.56. The van der Waals surface area contributed by atoms with Crippen LogP contribution in [0.3, 0.4) is 0 Å². The minimum atomic E-state index is -0.939. The first-order chi connectivity index (χ1) is 9.73. The Labute approximate surface area is 121 Å². The molecule has 0 saturated carbocycles. The molecular weight excluding hydrogens is 282 g/mol. The van der Waals surface area contributed by atoms with Gasteiger partial charge in [-0.15, -0.1) is 0 Å². The molecule has 7 heteroatoms. The number of anilines is 1. The lowest BCUT2D eigenvalue weighted by atomic mass is 10.0. The highest BCUT2D eigenvalue weighted by atomic mass is 19.1. The fourth-order valence-corrected chi connectivity index (χ4v) is 2.48. The summed E-state index contributed by atoms with van der Waals surface area (Å²) in [5.74, 6) is -2.39. The Morgan fingerprint density at radius 1 is 1.52 bits per heavy atom. The Morgan fingerprint density at radius 2 is 2.19 bits per heavy atom. The topological polar surface area (TPSA) is 75.8 Å². The second kappa shape index (κ2) is 5.57. The van der Waals surface area contributed by atoms with E-state index >= 15 is 0 Å². The molecule has 116 valence electrons. The van der Waals surface area contributed by atoms with Crippen LogP contribution in [0.2, 0.25) is 0 Å². The summed E-state index contributed by atoms with van der Waals surface area (Å²) in [5.41, 5.74) is 3.83. The molecule has 2 rings (SSSR count). The molecular formula is C14H18F2N2O3. The van der Waals surface area contributed by atoms with Crippen molar-refractivity contribution >= 4 is 11.6 Å². The van der Waals surface area contributed by atoms with Gasteiger partial charge in [0.2, 0.25) is 0 Å². The third-order valence-corrected chi connectivity index (χ3v) is 3.27. The molecule has 0 aliphatic carbocycles. The molecule has 0 aromatic heterocycles. The predicted octanol–water partition coefficient (Wildman–Crippen LogP) is 1.16. The quantitative estimate of drug-likeness (QED) is 0.804. The van der Waals surface area contributed by atoms with E-state index in [1.165, 1.54) is 4.90 Å². The van der Waals surface area contributed by atoms with E-state index in [1.807, 2.05) is 0 Å². The van der Waals surface area contributed by atoms with Crippen molar-refractivity contribution < 1.29 is 23.4 Å². The number of aliphatic hydroxyl groups is 1. The van der Waals surface area contributed by atoms with Gasteiger partial charge in [-0.3, -0.25) is 4.79 Å². The standard InChI is InChI=1S/C14H18F2N2O3/c1-14(2)7-18(5-9(6-19)21-14)13(20)10-3-8(15)4-11(17)12(10)16/h3-4,9,19H,5-7,17H2,1-2H3. The van der Waals surface area contributed by atoms with Crippen LogP contribution in [0.25, 0.3) is 0 Å². The van der Waals surface area contributed by atoms with Gasteiger partial charge in [0.05, 0.1) is 29.6 Å². The van der Waals surface area contributed by atoms with E-state index in [4.69, 9.17) is 10.5 Å². The monoisotopic (exact) mass is 300 g/mol. The number of aliphatic hydroxyl groups excluding tert-OH is 1. The maximum absolute atomic E-state index is 13.9. The van der Waals surface area contributed by atoms with E-state index < -0.39 is 40.5 Å². The van der Waals surface area contributed by atoms with Crippen LogP contribution in [0, 0.1) is 11.6 Å². The number of morpholine rings is 1. The minimum Gasteiger partial charge on any atom is -0.396 e. The SMILES string of the molecule is CC1(C)CN(C(=O)c2cc(F)cc(N)c2F)CC(CO)O1. The normalized spacial score (nSPS) is 21.4. The Bertz CT molecular complexity index is 563. The van der Waals surface area contributed by atoms with E-state index in [9.17, 15) is 18.7 Å². The first-order valence-corrected chi connectivity index (χ1v) is 6.56. The number of hydrogen-bond acceptors (Lipinski definition) is 4. The van der Waals surface area contributed by atoms with Crippen molar-refractivity contribution in [1.82, 2.24) is 4.90 Å². The van der Waals surface area contributed by atoms with Crippen LogP contribution in [0.1, 0.15) is 24.2 Å². The van der Waals surface area contributed by atoms with E-state index in [1.54, 1.807) is 13.8 Å². The Kier molecular flexibility index (Phi) is 4.15. The molecule has 1 atom stereocenters. The van der Waals surface area contributed by atoms with E-state index in [2.05, 4.69) is 0 Å². The average molecular weight is 300 g/mol. The van der Waals surface area contributed by atoms with E-state index in [-0.39, 0.29) is 19.7 Å². The number of carbonyl (C=O) groups is 1. The third kappa shape index (κ3) is 3.30. The maximum Gasteiger partial charge on any atom is 0.257 e. The van der Waals surface area contributed by atoms with Gasteiger partial charge >= 0.3 is 0 Å². The fourth-order valence-electron chi connectivity index (χ4n) is 2.48. The summed E-state index contributed by atoms with van der Waals surface area (Å²) in [6, 6.07) is 1.65. The second-order valence-electron chi connectivity index (χ2n) is 5.72. The van der Waals surface area contributed by atoms with Crippen molar-refractivity contribution in [2.75, 3.05) is 25.4 Å². The lowest BCUT2D eigenvalue weighted by Crippen LogP contribution is -2.55. The predicted molar refractivity (Wildman–Crippen MR) is 72.7 cm³/mol. The van der Waals surface area contributed by atoms with Gasteiger partial charge in [0.1, 0.15) is 5.82 Å². The van der Waals surface area contributed by atoms with Crippen molar-refractivity contribution in [3.63, 3.8) is 0 Å². The molecule has 3 N–H and O–H groups in total. The van der Waals surface area contributed by atoms with Crippen LogP contribution in [0.5, 0.6) is 0 Å². The van der Waals surface area contributed by atoms with Gasteiger partial charge in [-0.25, -0.2) is 8.78 Å². The largest absolute Gasteiger partial charge is 0.396 e. The summed E-state index contributed by atoms with van der Waals surface area (Å²) in [6.07, 6.45) is -0.563. The van der Waals surface area contributed by atoms with Crippen molar-refractivity contribution in [3.8, 4) is 0 Å². The molecule has 5 nitrogen and oxygen atoms in total. The van der Waals surface area contributed by atoms with E-state index in [0.29, 0.717) is 0 Å². The van der Waals surface area contributed by atoms with Crippen LogP contribution in [0.15, 0.2) is 12.1 Å². The fraction of sp³-hybridized carbons (Fsp3) is 0.500. The highest BCUT2D eigenvalue weighted by molar-refractivity contribution is 5.95. The van der Waals surface area contributed by atoms with E-state index in [0.717, 1.165) is 12.1 Å². The van der Waals surface area contributed by atoms with Crippen molar-refractivity contribution in [3.05, 3.63) is 29.3 Å². The number of benzene rings is 1. The number of nitrogens with zero attached hydrogens (tertiary/aromatic N) is 1. The number of hydrogen-bond donors (Lipinski definition) is 2. The van der Waals surface area contributed by atoms with Gasteiger partial charge < -0.3 is 20.5 Å². The van der Waals surface area contributed by atoms with Gasteiger partial charge in [0, 0.05) is 13.1 Å². The minimum absolute atomic E-state index is 0.106. The Hall–Kier alpha value is -1.73. The number of rotatable bonds is 2. The maximum atomic E-state index is 13.9. The molecule has 1 amide bonds. The molecule has 1 fully saturated rings. The number of nitrogen functional groups attached to an aromatic ring is 1. The Morgan fingerprint density at radius 3 is 2.81 bits per heavy atom. The summed E-state index contributed by atoms with van der Waals surface area (Å²) < 4.78 is 32.9. The molecule has 1 aromatic rings. The molecule has 1 saturated heterocycles. The number of ether oxygens (including phenoxy) is 1. The zero-order valence-electron chi connectivity index (χ0n) is 11.9. The molecule has 0 radical (unpaired) electrons. The van der Waals surface area contributed by atoms with Crippen LogP contribution in [-0.4, -0.2) is 47.3 Å². The van der Waals surface area contributed by atoms with Crippen LogP contribution < -0.4 is 5.73 Å². The summed E-state index contributed by atoms with van der Waals surface area (Å²) in [7, 11) is 0. The van der Waals surface area contributed by atoms with Crippen LogP contribution >= 0.6 is 0 Å². The molecule has 1 aliphatic heterocycles. The zero-order chi connectivity index (χ0) is 15.8. The average Bonchev–Trinajstić information content (AvgIpc) is 2.40. The molecule has 0 spiro atoms. The Balaban J connectivity index is 2.31. The molecule has 0 bridgehead atoms. The number of carbonyl (C=O) groups excluding carboxylic acids is 1. The summed E-state index contributed by atoms with van der Waals surface area (Å²) in [5, 5.41) is 9.22. The second-order valence-corrected chi connectivity index (χ2v) is 5.72. The number of halogens is 2. The molecule has 1 aromatic carbocycles. The zero-order valence-corrected chi connectivity index (χ0v) is 11.9. The molecule has 21 heavy (non-hydrogen) atoms. The van der Waals surface area contributed by atoms with Gasteiger partial charge in [-0.1, -0.05) is 0 Å². The number of amides is 1. The molecule has 1 heterocycles. The highest BCUT2D eigenvalue weighted by Gasteiger charge is 2.36. The third-order valence-electron chi connectivity index (χ3n) is 3.27.